The van der Waals surface area contributed by atoms with Gasteiger partial charge in [0.25, 0.3) is 5.91 Å². The zero-order valence-corrected chi connectivity index (χ0v) is 22.6. The number of carbonyl (C=O) groups excluding carboxylic acids is 1. The Kier molecular flexibility index (Phi) is 9.09. The van der Waals surface area contributed by atoms with Gasteiger partial charge in [-0.25, -0.2) is 0 Å². The van der Waals surface area contributed by atoms with Crippen molar-refractivity contribution in [2.75, 3.05) is 46.5 Å². The largest absolute Gasteiger partial charge is 0.493 e. The fourth-order valence-electron chi connectivity index (χ4n) is 4.95. The molecule has 1 saturated heterocycles. The first kappa shape index (κ1) is 26.7. The van der Waals surface area contributed by atoms with Gasteiger partial charge in [0.1, 0.15) is 6.61 Å². The zero-order valence-electron chi connectivity index (χ0n) is 22.6. The normalized spacial score (nSPS) is 13.8. The number of hydrogen-bond donors (Lipinski definition) is 0. The van der Waals surface area contributed by atoms with Crippen LogP contribution in [-0.4, -0.2) is 62.2 Å². The molecule has 202 valence electrons. The van der Waals surface area contributed by atoms with E-state index in [1.807, 2.05) is 89.8 Å². The van der Waals surface area contributed by atoms with Crippen molar-refractivity contribution in [3.8, 4) is 11.5 Å². The maximum absolute atomic E-state index is 13.8. The van der Waals surface area contributed by atoms with Crippen LogP contribution >= 0.6 is 0 Å². The highest BCUT2D eigenvalue weighted by Gasteiger charge is 2.19. The third-order valence-corrected chi connectivity index (χ3v) is 7.13. The molecular formula is C33H36N2O4. The van der Waals surface area contributed by atoms with Crippen molar-refractivity contribution >= 4 is 16.7 Å². The first-order valence-electron chi connectivity index (χ1n) is 13.6. The fraction of sp³-hybridized carbons (Fsp3) is 0.303. The molecule has 0 spiro atoms. The lowest BCUT2D eigenvalue weighted by Gasteiger charge is -2.28. The van der Waals surface area contributed by atoms with E-state index in [4.69, 9.17) is 14.2 Å². The van der Waals surface area contributed by atoms with E-state index >= 15 is 0 Å². The van der Waals surface area contributed by atoms with Gasteiger partial charge < -0.3 is 19.1 Å². The molecule has 1 heterocycles. The van der Waals surface area contributed by atoms with E-state index < -0.39 is 0 Å². The van der Waals surface area contributed by atoms with Crippen LogP contribution in [-0.2, 0) is 17.9 Å². The van der Waals surface area contributed by atoms with Crippen molar-refractivity contribution in [3.05, 3.63) is 108 Å². The van der Waals surface area contributed by atoms with E-state index in [1.165, 1.54) is 0 Å². The monoisotopic (exact) mass is 524 g/mol. The number of fused-ring (bicyclic) bond motifs is 1. The number of amides is 1. The average Bonchev–Trinajstić information content (AvgIpc) is 3.00. The van der Waals surface area contributed by atoms with Crippen LogP contribution in [0.2, 0.25) is 0 Å². The Morgan fingerprint density at radius 3 is 2.41 bits per heavy atom. The number of rotatable bonds is 11. The van der Waals surface area contributed by atoms with Gasteiger partial charge in [-0.1, -0.05) is 66.7 Å². The molecule has 0 saturated carbocycles. The van der Waals surface area contributed by atoms with Crippen LogP contribution in [0.5, 0.6) is 11.5 Å². The molecule has 1 fully saturated rings. The number of morpholine rings is 1. The number of nitrogens with zero attached hydrogens (tertiary/aromatic N) is 2. The van der Waals surface area contributed by atoms with Crippen LogP contribution < -0.4 is 9.47 Å². The molecule has 4 aromatic carbocycles. The second kappa shape index (κ2) is 13.3. The Bertz CT molecular complexity index is 1370. The zero-order chi connectivity index (χ0) is 26.9. The summed E-state index contributed by atoms with van der Waals surface area (Å²) in [6.07, 6.45) is 0.898. The van der Waals surface area contributed by atoms with Gasteiger partial charge in [-0.15, -0.1) is 0 Å². The Morgan fingerprint density at radius 1 is 0.846 bits per heavy atom. The summed E-state index contributed by atoms with van der Waals surface area (Å²) < 4.78 is 17.2. The Labute approximate surface area is 230 Å². The second-order valence-corrected chi connectivity index (χ2v) is 9.86. The van der Waals surface area contributed by atoms with Gasteiger partial charge in [-0.3, -0.25) is 9.69 Å². The molecule has 0 aliphatic carbocycles. The summed E-state index contributed by atoms with van der Waals surface area (Å²) in [6, 6.07) is 30.1. The van der Waals surface area contributed by atoms with E-state index in [1.54, 1.807) is 7.11 Å². The number of hydrogen-bond acceptors (Lipinski definition) is 5. The predicted molar refractivity (Wildman–Crippen MR) is 154 cm³/mol. The third kappa shape index (κ3) is 7.16. The molecule has 0 radical (unpaired) electrons. The molecular weight excluding hydrogens is 488 g/mol. The van der Waals surface area contributed by atoms with Crippen LogP contribution in [0.25, 0.3) is 10.8 Å². The summed E-state index contributed by atoms with van der Waals surface area (Å²) >= 11 is 0. The smallest absolute Gasteiger partial charge is 0.254 e. The highest BCUT2D eigenvalue weighted by molar-refractivity contribution is 5.98. The minimum atomic E-state index is 0.0334. The molecule has 1 aliphatic heterocycles. The standard InChI is InChI=1S/C33H36N2O4/c1-37-32-22-27(12-15-31(32)39-25-26-8-3-2-4-9-26)24-35(17-7-16-34-18-20-38-21-19-34)33(36)30-14-13-28-10-5-6-11-29(28)23-30/h2-6,8-15,22-23H,7,16-21,24-25H2,1H3. The van der Waals surface area contributed by atoms with Crippen molar-refractivity contribution in [2.45, 2.75) is 19.6 Å². The second-order valence-electron chi connectivity index (χ2n) is 9.86. The Hall–Kier alpha value is -3.87. The highest BCUT2D eigenvalue weighted by Crippen LogP contribution is 2.30. The van der Waals surface area contributed by atoms with Gasteiger partial charge in [0, 0.05) is 38.3 Å². The van der Waals surface area contributed by atoms with Crippen molar-refractivity contribution in [1.29, 1.82) is 0 Å². The summed E-state index contributed by atoms with van der Waals surface area (Å²) in [7, 11) is 1.65. The van der Waals surface area contributed by atoms with Crippen molar-refractivity contribution < 1.29 is 19.0 Å². The van der Waals surface area contributed by atoms with E-state index in [2.05, 4.69) is 11.0 Å². The summed E-state index contributed by atoms with van der Waals surface area (Å²) in [5.41, 5.74) is 2.80. The van der Waals surface area contributed by atoms with E-state index in [-0.39, 0.29) is 5.91 Å². The van der Waals surface area contributed by atoms with Crippen LogP contribution in [0.15, 0.2) is 91.0 Å². The van der Waals surface area contributed by atoms with Crippen LogP contribution in [0.1, 0.15) is 27.9 Å². The first-order chi connectivity index (χ1) is 19.2. The van der Waals surface area contributed by atoms with E-state index in [0.717, 1.165) is 61.2 Å². The summed E-state index contributed by atoms with van der Waals surface area (Å²) in [5, 5.41) is 2.20. The molecule has 0 unspecified atom stereocenters. The molecule has 5 rings (SSSR count). The van der Waals surface area contributed by atoms with Crippen molar-refractivity contribution in [3.63, 3.8) is 0 Å². The number of benzene rings is 4. The molecule has 4 aromatic rings. The lowest BCUT2D eigenvalue weighted by molar-refractivity contribution is 0.0355. The van der Waals surface area contributed by atoms with Crippen molar-refractivity contribution in [2.24, 2.45) is 0 Å². The lowest BCUT2D eigenvalue weighted by atomic mass is 10.1. The number of methoxy groups -OCH3 is 1. The molecule has 0 aromatic heterocycles. The first-order valence-corrected chi connectivity index (χ1v) is 13.6. The van der Waals surface area contributed by atoms with Gasteiger partial charge in [0.15, 0.2) is 11.5 Å². The maximum Gasteiger partial charge on any atom is 0.254 e. The van der Waals surface area contributed by atoms with Crippen LogP contribution in [0.4, 0.5) is 0 Å². The molecule has 6 nitrogen and oxygen atoms in total. The number of ether oxygens (including phenoxy) is 3. The van der Waals surface area contributed by atoms with E-state index in [9.17, 15) is 4.79 Å². The van der Waals surface area contributed by atoms with Gasteiger partial charge in [-0.2, -0.15) is 0 Å². The predicted octanol–water partition coefficient (Wildman–Crippen LogP) is 5.79. The molecule has 0 bridgehead atoms. The highest BCUT2D eigenvalue weighted by atomic mass is 16.5. The minimum absolute atomic E-state index is 0.0334. The van der Waals surface area contributed by atoms with Crippen LogP contribution in [0, 0.1) is 0 Å². The molecule has 6 heteroatoms. The third-order valence-electron chi connectivity index (χ3n) is 7.13. The summed E-state index contributed by atoms with van der Waals surface area (Å²) in [5.74, 6) is 1.38. The van der Waals surface area contributed by atoms with Crippen molar-refractivity contribution in [1.82, 2.24) is 9.80 Å². The topological polar surface area (TPSA) is 51.2 Å². The van der Waals surface area contributed by atoms with Gasteiger partial charge in [0.05, 0.1) is 20.3 Å². The minimum Gasteiger partial charge on any atom is -0.493 e. The summed E-state index contributed by atoms with van der Waals surface area (Å²) in [4.78, 5) is 18.1. The quantitative estimate of drug-likeness (QED) is 0.249. The van der Waals surface area contributed by atoms with Crippen LogP contribution in [0.3, 0.4) is 0 Å². The Morgan fingerprint density at radius 2 is 1.62 bits per heavy atom. The number of carbonyl (C=O) groups is 1. The van der Waals surface area contributed by atoms with E-state index in [0.29, 0.717) is 36.8 Å². The van der Waals surface area contributed by atoms with Gasteiger partial charge >= 0.3 is 0 Å². The fourth-order valence-corrected chi connectivity index (χ4v) is 4.95. The lowest BCUT2D eigenvalue weighted by Crippen LogP contribution is -2.39. The molecule has 0 atom stereocenters. The molecule has 1 amide bonds. The van der Waals surface area contributed by atoms with Gasteiger partial charge in [0.2, 0.25) is 0 Å². The molecule has 1 aliphatic rings. The summed E-state index contributed by atoms with van der Waals surface area (Å²) in [6.45, 7) is 6.00. The molecule has 39 heavy (non-hydrogen) atoms. The van der Waals surface area contributed by atoms with Gasteiger partial charge in [-0.05, 0) is 52.6 Å². The molecule has 0 N–H and O–H groups in total. The SMILES string of the molecule is COc1cc(CN(CCCN2CCOCC2)C(=O)c2ccc3ccccc3c2)ccc1OCc1ccccc1. The average molecular weight is 525 g/mol. The maximum atomic E-state index is 13.8. The Balaban J connectivity index is 1.32.